The lowest BCUT2D eigenvalue weighted by Gasteiger charge is -2.15. The highest BCUT2D eigenvalue weighted by molar-refractivity contribution is 5.31. The van der Waals surface area contributed by atoms with Crippen LogP contribution in [0.1, 0.15) is 23.7 Å². The minimum Gasteiger partial charge on any atom is -0.294 e. The van der Waals surface area contributed by atoms with Crippen LogP contribution in [0.2, 0.25) is 0 Å². The Morgan fingerprint density at radius 2 is 2.00 bits per heavy atom. The van der Waals surface area contributed by atoms with Crippen molar-refractivity contribution in [1.82, 2.24) is 5.48 Å². The topological polar surface area (TPSA) is 21.3 Å². The number of hydrogen-bond acceptors (Lipinski definition) is 2. The normalized spacial score (nSPS) is 21.9. The summed E-state index contributed by atoms with van der Waals surface area (Å²) in [6, 6.07) is 5.51. The molecule has 0 spiro atoms. The van der Waals surface area contributed by atoms with Crippen LogP contribution >= 0.6 is 0 Å². The zero-order chi connectivity index (χ0) is 10.9. The molecule has 0 radical (unpaired) electrons. The fourth-order valence-corrected chi connectivity index (χ4v) is 1.66. The lowest BCUT2D eigenvalue weighted by atomic mass is 10.0. The van der Waals surface area contributed by atoms with Gasteiger partial charge in [0.15, 0.2) is 0 Å². The van der Waals surface area contributed by atoms with Gasteiger partial charge in [-0.25, -0.2) is 5.48 Å². The summed E-state index contributed by atoms with van der Waals surface area (Å²) in [5.41, 5.74) is 2.17. The Kier molecular flexibility index (Phi) is 2.67. The molecule has 1 aliphatic rings. The van der Waals surface area contributed by atoms with Gasteiger partial charge in [-0.1, -0.05) is 18.2 Å². The molecule has 1 fully saturated rings. The highest BCUT2D eigenvalue weighted by Gasteiger charge is 2.35. The van der Waals surface area contributed by atoms with E-state index in [0.717, 1.165) is 6.07 Å². The lowest BCUT2D eigenvalue weighted by Crippen LogP contribution is -2.12. The molecule has 2 rings (SSSR count). The Morgan fingerprint density at radius 3 is 2.60 bits per heavy atom. The summed E-state index contributed by atoms with van der Waals surface area (Å²) in [4.78, 5) is 5.02. The molecule has 1 atom stereocenters. The first kappa shape index (κ1) is 10.4. The largest absolute Gasteiger partial charge is 0.416 e. The summed E-state index contributed by atoms with van der Waals surface area (Å²) in [7, 11) is 0. The Labute approximate surface area is 85.0 Å². The fraction of sp³-hybridized carbons (Fsp3) is 0.400. The second kappa shape index (κ2) is 3.83. The van der Waals surface area contributed by atoms with Crippen LogP contribution < -0.4 is 5.48 Å². The third-order valence-electron chi connectivity index (χ3n) is 2.35. The standard InChI is InChI=1S/C10H10F3NO/c11-10(12,13)8-4-2-1-3-7(8)9-5-6-14-15-9/h1-4,9,14H,5-6H2. The van der Waals surface area contributed by atoms with E-state index in [1.54, 1.807) is 6.07 Å². The van der Waals surface area contributed by atoms with E-state index in [2.05, 4.69) is 5.48 Å². The maximum Gasteiger partial charge on any atom is 0.416 e. The van der Waals surface area contributed by atoms with Gasteiger partial charge in [0.1, 0.15) is 6.10 Å². The van der Waals surface area contributed by atoms with Gasteiger partial charge < -0.3 is 0 Å². The number of benzene rings is 1. The van der Waals surface area contributed by atoms with Gasteiger partial charge in [-0.3, -0.25) is 4.84 Å². The van der Waals surface area contributed by atoms with E-state index in [1.165, 1.54) is 12.1 Å². The summed E-state index contributed by atoms with van der Waals surface area (Å²) >= 11 is 0. The molecule has 1 unspecified atom stereocenters. The zero-order valence-electron chi connectivity index (χ0n) is 7.84. The predicted octanol–water partition coefficient (Wildman–Crippen LogP) is 2.67. The van der Waals surface area contributed by atoms with Crippen molar-refractivity contribution >= 4 is 0 Å². The summed E-state index contributed by atoms with van der Waals surface area (Å²) in [5.74, 6) is 0. The molecule has 1 aliphatic heterocycles. The molecule has 0 aromatic heterocycles. The quantitative estimate of drug-likeness (QED) is 0.780. The van der Waals surface area contributed by atoms with Gasteiger partial charge in [-0.05, 0) is 18.1 Å². The van der Waals surface area contributed by atoms with Crippen molar-refractivity contribution in [3.8, 4) is 0 Å². The fourth-order valence-electron chi connectivity index (χ4n) is 1.66. The van der Waals surface area contributed by atoms with Crippen LogP contribution in [-0.4, -0.2) is 6.54 Å². The SMILES string of the molecule is FC(F)(F)c1ccccc1C1CCNO1. The molecular formula is C10H10F3NO. The maximum atomic E-state index is 12.6. The monoisotopic (exact) mass is 217 g/mol. The molecule has 0 aliphatic carbocycles. The van der Waals surface area contributed by atoms with Crippen LogP contribution in [0.25, 0.3) is 0 Å². The number of hydroxylamine groups is 1. The smallest absolute Gasteiger partial charge is 0.294 e. The van der Waals surface area contributed by atoms with E-state index < -0.39 is 17.8 Å². The van der Waals surface area contributed by atoms with Gasteiger partial charge in [0.2, 0.25) is 0 Å². The number of nitrogens with one attached hydrogen (secondary N) is 1. The molecule has 82 valence electrons. The first-order chi connectivity index (χ1) is 7.09. The number of rotatable bonds is 1. The number of halogens is 3. The molecule has 1 aromatic rings. The van der Waals surface area contributed by atoms with Crippen LogP contribution in [0.4, 0.5) is 13.2 Å². The van der Waals surface area contributed by atoms with Crippen molar-refractivity contribution in [3.05, 3.63) is 35.4 Å². The molecule has 2 nitrogen and oxygen atoms in total. The summed E-state index contributed by atoms with van der Waals surface area (Å²) in [5, 5.41) is 0. The second-order valence-electron chi connectivity index (χ2n) is 3.37. The van der Waals surface area contributed by atoms with Crippen molar-refractivity contribution < 1.29 is 18.0 Å². The van der Waals surface area contributed by atoms with E-state index in [-0.39, 0.29) is 5.56 Å². The molecule has 1 saturated heterocycles. The van der Waals surface area contributed by atoms with Crippen molar-refractivity contribution in [2.45, 2.75) is 18.7 Å². The third kappa shape index (κ3) is 2.13. The minimum absolute atomic E-state index is 0.204. The highest BCUT2D eigenvalue weighted by atomic mass is 19.4. The van der Waals surface area contributed by atoms with Gasteiger partial charge in [0, 0.05) is 6.54 Å². The van der Waals surface area contributed by atoms with Gasteiger partial charge >= 0.3 is 6.18 Å². The van der Waals surface area contributed by atoms with Crippen molar-refractivity contribution in [2.75, 3.05) is 6.54 Å². The summed E-state index contributed by atoms with van der Waals surface area (Å²) < 4.78 is 37.9. The predicted molar refractivity (Wildman–Crippen MR) is 47.9 cm³/mol. The van der Waals surface area contributed by atoms with Crippen LogP contribution in [0, 0.1) is 0 Å². The van der Waals surface area contributed by atoms with Crippen LogP contribution in [0.3, 0.4) is 0 Å². The Hall–Kier alpha value is -1.07. The van der Waals surface area contributed by atoms with Gasteiger partial charge in [-0.15, -0.1) is 0 Å². The average molecular weight is 217 g/mol. The molecule has 1 heterocycles. The minimum atomic E-state index is -4.32. The molecule has 0 bridgehead atoms. The third-order valence-corrected chi connectivity index (χ3v) is 2.35. The summed E-state index contributed by atoms with van der Waals surface area (Å²) in [6.07, 6.45) is -4.25. The Balaban J connectivity index is 2.37. The van der Waals surface area contributed by atoms with Gasteiger partial charge in [-0.2, -0.15) is 13.2 Å². The lowest BCUT2D eigenvalue weighted by molar-refractivity contribution is -0.139. The Bertz CT molecular complexity index is 345. The average Bonchev–Trinajstić information content (AvgIpc) is 2.69. The Morgan fingerprint density at radius 1 is 1.27 bits per heavy atom. The first-order valence-corrected chi connectivity index (χ1v) is 4.63. The van der Waals surface area contributed by atoms with E-state index in [4.69, 9.17) is 4.84 Å². The number of alkyl halides is 3. The first-order valence-electron chi connectivity index (χ1n) is 4.63. The second-order valence-corrected chi connectivity index (χ2v) is 3.37. The molecule has 0 saturated carbocycles. The maximum absolute atomic E-state index is 12.6. The van der Waals surface area contributed by atoms with E-state index in [0.29, 0.717) is 13.0 Å². The van der Waals surface area contributed by atoms with E-state index >= 15 is 0 Å². The van der Waals surface area contributed by atoms with Crippen LogP contribution in [-0.2, 0) is 11.0 Å². The molecule has 1 aromatic carbocycles. The van der Waals surface area contributed by atoms with Crippen molar-refractivity contribution in [2.24, 2.45) is 0 Å². The van der Waals surface area contributed by atoms with Crippen molar-refractivity contribution in [1.29, 1.82) is 0 Å². The molecule has 1 N–H and O–H groups in total. The number of hydrogen-bond donors (Lipinski definition) is 1. The summed E-state index contributed by atoms with van der Waals surface area (Å²) in [6.45, 7) is 0.580. The zero-order valence-corrected chi connectivity index (χ0v) is 7.84. The van der Waals surface area contributed by atoms with E-state index in [9.17, 15) is 13.2 Å². The molecule has 0 amide bonds. The molecular weight excluding hydrogens is 207 g/mol. The molecule has 15 heavy (non-hydrogen) atoms. The highest BCUT2D eigenvalue weighted by Crippen LogP contribution is 2.37. The van der Waals surface area contributed by atoms with Crippen molar-refractivity contribution in [3.63, 3.8) is 0 Å². The van der Waals surface area contributed by atoms with E-state index in [1.807, 2.05) is 0 Å². The van der Waals surface area contributed by atoms with Gasteiger partial charge in [0.25, 0.3) is 0 Å². The van der Waals surface area contributed by atoms with Crippen LogP contribution in [0.5, 0.6) is 0 Å². The van der Waals surface area contributed by atoms with Crippen LogP contribution in [0.15, 0.2) is 24.3 Å². The van der Waals surface area contributed by atoms with Gasteiger partial charge in [0.05, 0.1) is 5.56 Å². The molecule has 5 heteroatoms.